The third kappa shape index (κ3) is 3.42. The molecule has 0 spiro atoms. The quantitative estimate of drug-likeness (QED) is 0.683. The van der Waals surface area contributed by atoms with E-state index in [1.807, 2.05) is 42.6 Å². The molecule has 0 fully saturated rings. The first kappa shape index (κ1) is 12.3. The second kappa shape index (κ2) is 5.97. The summed E-state index contributed by atoms with van der Waals surface area (Å²) in [5.74, 6) is 0. The molecule has 0 aromatic heterocycles. The van der Waals surface area contributed by atoms with Gasteiger partial charge in [0.05, 0.1) is 5.69 Å². The standard InChI is InChI=1S/C17H17N/c1-14-10-11-17(13-15(14)2)18-12-6-9-16-7-4-3-5-8-16/h3-13H,1-2H3. The summed E-state index contributed by atoms with van der Waals surface area (Å²) < 4.78 is 0. The lowest BCUT2D eigenvalue weighted by Gasteiger charge is -1.99. The van der Waals surface area contributed by atoms with E-state index in [4.69, 9.17) is 0 Å². The van der Waals surface area contributed by atoms with Gasteiger partial charge in [-0.05, 0) is 48.7 Å². The summed E-state index contributed by atoms with van der Waals surface area (Å²) in [6, 6.07) is 16.4. The summed E-state index contributed by atoms with van der Waals surface area (Å²) >= 11 is 0. The first-order valence-electron chi connectivity index (χ1n) is 6.09. The molecule has 2 aromatic rings. The molecule has 0 unspecified atom stereocenters. The number of nitrogens with zero attached hydrogens (tertiary/aromatic N) is 1. The van der Waals surface area contributed by atoms with Gasteiger partial charge < -0.3 is 0 Å². The average Bonchev–Trinajstić information content (AvgIpc) is 2.40. The van der Waals surface area contributed by atoms with Gasteiger partial charge in [0.1, 0.15) is 0 Å². The van der Waals surface area contributed by atoms with Crippen LogP contribution in [0.4, 0.5) is 5.69 Å². The van der Waals surface area contributed by atoms with Crippen LogP contribution in [-0.2, 0) is 0 Å². The molecule has 0 N–H and O–H groups in total. The first-order valence-corrected chi connectivity index (χ1v) is 6.09. The largest absolute Gasteiger partial charge is 0.257 e. The van der Waals surface area contributed by atoms with Gasteiger partial charge in [0.25, 0.3) is 0 Å². The number of aryl methyl sites for hydroxylation is 2. The summed E-state index contributed by atoms with van der Waals surface area (Å²) in [6.45, 7) is 4.21. The van der Waals surface area contributed by atoms with Gasteiger partial charge in [-0.15, -0.1) is 0 Å². The third-order valence-corrected chi connectivity index (χ3v) is 2.89. The van der Waals surface area contributed by atoms with E-state index in [9.17, 15) is 0 Å². The molecule has 18 heavy (non-hydrogen) atoms. The Kier molecular flexibility index (Phi) is 4.08. The van der Waals surface area contributed by atoms with E-state index in [2.05, 4.69) is 43.1 Å². The zero-order chi connectivity index (χ0) is 12.8. The first-order chi connectivity index (χ1) is 8.75. The molecule has 0 saturated carbocycles. The predicted octanol–water partition coefficient (Wildman–Crippen LogP) is 4.72. The lowest BCUT2D eigenvalue weighted by atomic mass is 10.1. The van der Waals surface area contributed by atoms with E-state index in [1.165, 1.54) is 16.7 Å². The van der Waals surface area contributed by atoms with Crippen LogP contribution >= 0.6 is 0 Å². The summed E-state index contributed by atoms with van der Waals surface area (Å²) in [7, 11) is 0. The van der Waals surface area contributed by atoms with Crippen molar-refractivity contribution in [3.05, 3.63) is 71.3 Å². The van der Waals surface area contributed by atoms with Gasteiger partial charge in [0.15, 0.2) is 0 Å². The monoisotopic (exact) mass is 235 g/mol. The molecule has 0 aliphatic carbocycles. The van der Waals surface area contributed by atoms with Crippen molar-refractivity contribution >= 4 is 18.0 Å². The minimum atomic E-state index is 0.996. The van der Waals surface area contributed by atoms with Gasteiger partial charge in [-0.3, -0.25) is 4.99 Å². The highest BCUT2D eigenvalue weighted by Gasteiger charge is 1.92. The summed E-state index contributed by atoms with van der Waals surface area (Å²) in [5, 5.41) is 0. The van der Waals surface area contributed by atoms with Crippen molar-refractivity contribution in [3.63, 3.8) is 0 Å². The fourth-order valence-corrected chi connectivity index (χ4v) is 1.65. The Bertz CT molecular complexity index is 565. The van der Waals surface area contributed by atoms with E-state index >= 15 is 0 Å². The Hall–Kier alpha value is -2.15. The molecule has 0 amide bonds. The van der Waals surface area contributed by atoms with Crippen molar-refractivity contribution in [1.29, 1.82) is 0 Å². The second-order valence-electron chi connectivity index (χ2n) is 4.32. The fraction of sp³-hybridized carbons (Fsp3) is 0.118. The van der Waals surface area contributed by atoms with Gasteiger partial charge >= 0.3 is 0 Å². The molecule has 1 heteroatoms. The molecule has 2 rings (SSSR count). The molecule has 0 heterocycles. The van der Waals surface area contributed by atoms with Crippen molar-refractivity contribution in [3.8, 4) is 0 Å². The minimum Gasteiger partial charge on any atom is -0.257 e. The van der Waals surface area contributed by atoms with Crippen molar-refractivity contribution in [2.24, 2.45) is 4.99 Å². The highest BCUT2D eigenvalue weighted by Crippen LogP contribution is 2.16. The molecule has 0 bridgehead atoms. The Labute approximate surface area is 109 Å². The van der Waals surface area contributed by atoms with E-state index in [0.717, 1.165) is 5.69 Å². The third-order valence-electron chi connectivity index (χ3n) is 2.89. The van der Waals surface area contributed by atoms with Crippen molar-refractivity contribution in [1.82, 2.24) is 0 Å². The highest BCUT2D eigenvalue weighted by molar-refractivity contribution is 5.80. The summed E-state index contributed by atoms with van der Waals surface area (Å²) in [4.78, 5) is 4.41. The van der Waals surface area contributed by atoms with Crippen LogP contribution in [0.15, 0.2) is 59.6 Å². The fourth-order valence-electron chi connectivity index (χ4n) is 1.65. The van der Waals surface area contributed by atoms with Crippen LogP contribution in [0.5, 0.6) is 0 Å². The number of hydrogen-bond donors (Lipinski definition) is 0. The average molecular weight is 235 g/mol. The smallest absolute Gasteiger partial charge is 0.0632 e. The molecule has 2 aromatic carbocycles. The second-order valence-corrected chi connectivity index (χ2v) is 4.32. The molecule has 0 saturated heterocycles. The molecule has 90 valence electrons. The highest BCUT2D eigenvalue weighted by atomic mass is 14.7. The van der Waals surface area contributed by atoms with Crippen LogP contribution in [-0.4, -0.2) is 6.21 Å². The Morgan fingerprint density at radius 3 is 2.39 bits per heavy atom. The van der Waals surface area contributed by atoms with Crippen molar-refractivity contribution in [2.75, 3.05) is 0 Å². The van der Waals surface area contributed by atoms with Crippen LogP contribution < -0.4 is 0 Å². The van der Waals surface area contributed by atoms with Crippen LogP contribution in [0.2, 0.25) is 0 Å². The van der Waals surface area contributed by atoms with E-state index < -0.39 is 0 Å². The zero-order valence-corrected chi connectivity index (χ0v) is 10.8. The number of allylic oxidation sites excluding steroid dienone is 1. The van der Waals surface area contributed by atoms with E-state index in [1.54, 1.807) is 0 Å². The topological polar surface area (TPSA) is 12.4 Å². The molecule has 0 aliphatic heterocycles. The summed E-state index contributed by atoms with van der Waals surface area (Å²) in [5.41, 5.74) is 4.75. The maximum atomic E-state index is 4.41. The van der Waals surface area contributed by atoms with Crippen LogP contribution in [0.25, 0.3) is 6.08 Å². The zero-order valence-electron chi connectivity index (χ0n) is 10.8. The van der Waals surface area contributed by atoms with Gasteiger partial charge in [-0.1, -0.05) is 42.5 Å². The lowest BCUT2D eigenvalue weighted by Crippen LogP contribution is -1.78. The summed E-state index contributed by atoms with van der Waals surface area (Å²) in [6.07, 6.45) is 5.84. The van der Waals surface area contributed by atoms with E-state index in [-0.39, 0.29) is 0 Å². The number of benzene rings is 2. The molecule has 0 atom stereocenters. The molecule has 0 aliphatic rings. The Balaban J connectivity index is 2.03. The maximum Gasteiger partial charge on any atom is 0.0632 e. The van der Waals surface area contributed by atoms with Gasteiger partial charge in [-0.2, -0.15) is 0 Å². The van der Waals surface area contributed by atoms with Crippen LogP contribution in [0.3, 0.4) is 0 Å². The van der Waals surface area contributed by atoms with Crippen molar-refractivity contribution < 1.29 is 0 Å². The number of rotatable bonds is 3. The molecular weight excluding hydrogens is 218 g/mol. The van der Waals surface area contributed by atoms with Crippen LogP contribution in [0.1, 0.15) is 16.7 Å². The maximum absolute atomic E-state index is 4.41. The lowest BCUT2D eigenvalue weighted by molar-refractivity contribution is 1.33. The normalized spacial score (nSPS) is 11.4. The number of hydrogen-bond acceptors (Lipinski definition) is 1. The SMILES string of the molecule is Cc1ccc(N=CC=Cc2ccccc2)cc1C. The van der Waals surface area contributed by atoms with E-state index in [0.29, 0.717) is 0 Å². The van der Waals surface area contributed by atoms with Gasteiger partial charge in [0, 0.05) is 6.21 Å². The Morgan fingerprint density at radius 1 is 0.889 bits per heavy atom. The van der Waals surface area contributed by atoms with Gasteiger partial charge in [-0.25, -0.2) is 0 Å². The number of aliphatic imine (C=N–C) groups is 1. The Morgan fingerprint density at radius 2 is 1.67 bits per heavy atom. The molecular formula is C17H17N. The molecule has 1 nitrogen and oxygen atoms in total. The minimum absolute atomic E-state index is 0.996. The molecule has 0 radical (unpaired) electrons. The predicted molar refractivity (Wildman–Crippen MR) is 79.5 cm³/mol. The van der Waals surface area contributed by atoms with Crippen LogP contribution in [0, 0.1) is 13.8 Å². The van der Waals surface area contributed by atoms with Gasteiger partial charge in [0.2, 0.25) is 0 Å². The van der Waals surface area contributed by atoms with Crippen molar-refractivity contribution in [2.45, 2.75) is 13.8 Å².